The second kappa shape index (κ2) is 7.22. The van der Waals surface area contributed by atoms with Crippen LogP contribution in [-0.2, 0) is 9.59 Å². The Hall–Kier alpha value is -2.88. The fourth-order valence-electron chi connectivity index (χ4n) is 1.83. The lowest BCUT2D eigenvalue weighted by molar-refractivity contribution is -0.127. The lowest BCUT2D eigenvalue weighted by Crippen LogP contribution is -2.28. The molecule has 0 aliphatic heterocycles. The van der Waals surface area contributed by atoms with Crippen molar-refractivity contribution < 1.29 is 14.3 Å². The number of nitrogens with one attached hydrogen (secondary N) is 1. The Morgan fingerprint density at radius 1 is 0.909 bits per heavy atom. The largest absolute Gasteiger partial charge is 0.457 e. The van der Waals surface area contributed by atoms with E-state index in [4.69, 9.17) is 4.74 Å². The first kappa shape index (κ1) is 15.5. The first-order chi connectivity index (χ1) is 10.5. The first-order valence-electron chi connectivity index (χ1n) is 6.88. The van der Waals surface area contributed by atoms with Gasteiger partial charge in [-0.3, -0.25) is 14.9 Å². The molecule has 0 saturated heterocycles. The van der Waals surface area contributed by atoms with Crippen molar-refractivity contribution in [2.45, 2.75) is 13.8 Å². The highest BCUT2D eigenvalue weighted by Gasteiger charge is 2.05. The van der Waals surface area contributed by atoms with Crippen molar-refractivity contribution in [3.63, 3.8) is 0 Å². The predicted molar refractivity (Wildman–Crippen MR) is 85.4 cm³/mol. The van der Waals surface area contributed by atoms with E-state index in [-0.39, 0.29) is 5.91 Å². The Morgan fingerprint density at radius 3 is 2.09 bits per heavy atom. The summed E-state index contributed by atoms with van der Waals surface area (Å²) >= 11 is 0. The summed E-state index contributed by atoms with van der Waals surface area (Å²) < 4.78 is 5.69. The molecule has 0 aliphatic rings. The minimum atomic E-state index is -0.392. The molecule has 0 heterocycles. The molecule has 4 heteroatoms. The van der Waals surface area contributed by atoms with Crippen molar-refractivity contribution in [1.29, 1.82) is 0 Å². The Bertz CT molecular complexity index is 688. The molecule has 4 nitrogen and oxygen atoms in total. The van der Waals surface area contributed by atoms with Gasteiger partial charge in [0, 0.05) is 12.5 Å². The summed E-state index contributed by atoms with van der Waals surface area (Å²) in [6.07, 6.45) is 1.71. The van der Waals surface area contributed by atoms with E-state index in [0.717, 1.165) is 11.3 Å². The van der Waals surface area contributed by atoms with Crippen molar-refractivity contribution in [2.75, 3.05) is 0 Å². The number of hydrogen-bond acceptors (Lipinski definition) is 3. The number of amides is 2. The maximum atomic E-state index is 11.6. The molecule has 2 rings (SSSR count). The van der Waals surface area contributed by atoms with Gasteiger partial charge in [-0.05, 0) is 42.8 Å². The molecule has 1 N–H and O–H groups in total. The van der Waals surface area contributed by atoms with Crippen LogP contribution in [0.3, 0.4) is 0 Å². The van der Waals surface area contributed by atoms with Crippen LogP contribution in [0.5, 0.6) is 11.5 Å². The summed E-state index contributed by atoms with van der Waals surface area (Å²) in [4.78, 5) is 22.5. The summed E-state index contributed by atoms with van der Waals surface area (Å²) in [5.74, 6) is 0.721. The van der Waals surface area contributed by atoms with Crippen LogP contribution >= 0.6 is 0 Å². The van der Waals surface area contributed by atoms with Crippen molar-refractivity contribution in [2.24, 2.45) is 0 Å². The molecule has 2 aromatic rings. The molecular formula is C18H17NO3. The Labute approximate surface area is 129 Å². The monoisotopic (exact) mass is 295 g/mol. The van der Waals surface area contributed by atoms with Crippen molar-refractivity contribution >= 4 is 17.9 Å². The van der Waals surface area contributed by atoms with Gasteiger partial charge in [0.05, 0.1) is 0 Å². The van der Waals surface area contributed by atoms with Gasteiger partial charge in [0.1, 0.15) is 11.5 Å². The van der Waals surface area contributed by atoms with Gasteiger partial charge in [-0.1, -0.05) is 30.3 Å². The second-order valence-electron chi connectivity index (χ2n) is 4.82. The third kappa shape index (κ3) is 4.59. The zero-order valence-corrected chi connectivity index (χ0v) is 12.5. The van der Waals surface area contributed by atoms with Crippen molar-refractivity contribution in [3.05, 3.63) is 65.7 Å². The highest BCUT2D eigenvalue weighted by atomic mass is 16.5. The van der Waals surface area contributed by atoms with Gasteiger partial charge in [-0.25, -0.2) is 0 Å². The first-order valence-corrected chi connectivity index (χ1v) is 6.88. The summed E-state index contributed by atoms with van der Waals surface area (Å²) in [6, 6.07) is 16.9. The second-order valence-corrected chi connectivity index (χ2v) is 4.82. The highest BCUT2D eigenvalue weighted by molar-refractivity contribution is 6.05. The number of rotatable bonds is 4. The molecule has 2 aromatic carbocycles. The van der Waals surface area contributed by atoms with E-state index in [1.54, 1.807) is 13.0 Å². The van der Waals surface area contributed by atoms with Crippen LogP contribution in [0.2, 0.25) is 0 Å². The average molecular weight is 295 g/mol. The van der Waals surface area contributed by atoms with Crippen LogP contribution in [-0.4, -0.2) is 11.8 Å². The maximum Gasteiger partial charge on any atom is 0.253 e. The van der Waals surface area contributed by atoms with Crippen molar-refractivity contribution in [3.8, 4) is 11.5 Å². The quantitative estimate of drug-likeness (QED) is 0.878. The topological polar surface area (TPSA) is 55.4 Å². The molecule has 0 saturated carbocycles. The van der Waals surface area contributed by atoms with Gasteiger partial charge < -0.3 is 4.74 Å². The summed E-state index contributed by atoms with van der Waals surface area (Å²) in [5.41, 5.74) is 1.32. The van der Waals surface area contributed by atoms with E-state index >= 15 is 0 Å². The summed E-state index contributed by atoms with van der Waals surface area (Å²) in [6.45, 7) is 2.97. The summed E-state index contributed by atoms with van der Waals surface area (Å²) in [7, 11) is 0. The average Bonchev–Trinajstić information content (AvgIpc) is 2.49. The molecule has 0 fully saturated rings. The fourth-order valence-corrected chi connectivity index (χ4v) is 1.83. The van der Waals surface area contributed by atoms with Gasteiger partial charge in [-0.15, -0.1) is 0 Å². The Morgan fingerprint density at radius 2 is 1.50 bits per heavy atom. The number of imide groups is 1. The molecule has 0 aliphatic carbocycles. The zero-order valence-electron chi connectivity index (χ0n) is 12.5. The standard InChI is InChI=1S/C18H17NO3/c1-13(18(21)19-14(2)20)12-15-8-10-17(11-9-15)22-16-6-4-3-5-7-16/h3-12H,1-2H3,(H,19,20,21)/b13-12+. The van der Waals surface area contributed by atoms with Gasteiger partial charge in [0.2, 0.25) is 5.91 Å². The number of ether oxygens (including phenoxy) is 1. The normalized spacial score (nSPS) is 10.9. The van der Waals surface area contributed by atoms with E-state index in [2.05, 4.69) is 5.32 Å². The van der Waals surface area contributed by atoms with Crippen LogP contribution in [0, 0.1) is 0 Å². The van der Waals surface area contributed by atoms with Gasteiger partial charge >= 0.3 is 0 Å². The third-order valence-electron chi connectivity index (χ3n) is 2.89. The molecule has 0 radical (unpaired) electrons. The number of carbonyl (C=O) groups is 2. The van der Waals surface area contributed by atoms with Gasteiger partial charge in [0.25, 0.3) is 5.91 Å². The van der Waals surface area contributed by atoms with Gasteiger partial charge in [-0.2, -0.15) is 0 Å². The van der Waals surface area contributed by atoms with Crippen LogP contribution in [0.25, 0.3) is 6.08 Å². The van der Waals surface area contributed by atoms with E-state index in [9.17, 15) is 9.59 Å². The number of benzene rings is 2. The number of para-hydroxylation sites is 1. The third-order valence-corrected chi connectivity index (χ3v) is 2.89. The van der Waals surface area contributed by atoms with E-state index in [1.807, 2.05) is 54.6 Å². The SMILES string of the molecule is CC(=O)NC(=O)/C(C)=C/c1ccc(Oc2ccccc2)cc1. The predicted octanol–water partition coefficient (Wildman–Crippen LogP) is 3.54. The molecule has 0 unspecified atom stereocenters. The molecular weight excluding hydrogens is 278 g/mol. The lowest BCUT2D eigenvalue weighted by Gasteiger charge is -2.06. The lowest BCUT2D eigenvalue weighted by atomic mass is 10.1. The smallest absolute Gasteiger partial charge is 0.253 e. The van der Waals surface area contributed by atoms with Crippen LogP contribution < -0.4 is 10.1 Å². The molecule has 0 spiro atoms. The van der Waals surface area contributed by atoms with Crippen molar-refractivity contribution in [1.82, 2.24) is 5.32 Å². The van der Waals surface area contributed by atoms with E-state index in [0.29, 0.717) is 11.3 Å². The molecule has 22 heavy (non-hydrogen) atoms. The summed E-state index contributed by atoms with van der Waals surface area (Å²) in [5, 5.41) is 2.24. The van der Waals surface area contributed by atoms with Gasteiger partial charge in [0.15, 0.2) is 0 Å². The Kier molecular flexibility index (Phi) is 5.09. The number of carbonyl (C=O) groups excluding carboxylic acids is 2. The van der Waals surface area contributed by atoms with E-state index in [1.165, 1.54) is 6.92 Å². The molecule has 0 atom stereocenters. The number of hydrogen-bond donors (Lipinski definition) is 1. The maximum absolute atomic E-state index is 11.6. The molecule has 2 amide bonds. The fraction of sp³-hybridized carbons (Fsp3) is 0.111. The Balaban J connectivity index is 2.05. The van der Waals surface area contributed by atoms with Crippen LogP contribution in [0.15, 0.2) is 60.2 Å². The molecule has 0 bridgehead atoms. The van der Waals surface area contributed by atoms with E-state index < -0.39 is 5.91 Å². The molecule has 112 valence electrons. The van der Waals surface area contributed by atoms with Crippen LogP contribution in [0.4, 0.5) is 0 Å². The highest BCUT2D eigenvalue weighted by Crippen LogP contribution is 2.21. The van der Waals surface area contributed by atoms with Crippen LogP contribution in [0.1, 0.15) is 19.4 Å². The minimum Gasteiger partial charge on any atom is -0.457 e. The minimum absolute atomic E-state index is 0.371. The zero-order chi connectivity index (χ0) is 15.9. The molecule has 0 aromatic heterocycles.